The Morgan fingerprint density at radius 3 is 2.09 bits per heavy atom. The molecule has 0 heterocycles. The molecular weight excluding hydrogens is 314 g/mol. The fraction of sp³-hybridized carbons (Fsp3) is 0.118. The van der Waals surface area contributed by atoms with E-state index in [-0.39, 0.29) is 28.3 Å². The van der Waals surface area contributed by atoms with Crippen LogP contribution >= 0.6 is 11.8 Å². The van der Waals surface area contributed by atoms with E-state index in [1.165, 1.54) is 31.2 Å². The smallest absolute Gasteiger partial charge is 0.255 e. The van der Waals surface area contributed by atoms with Crippen molar-refractivity contribution in [3.8, 4) is 5.75 Å². The summed E-state index contributed by atoms with van der Waals surface area (Å²) in [6, 6.07) is 12.4. The number of carbonyl (C=O) groups excluding carboxylic acids is 3. The van der Waals surface area contributed by atoms with Crippen molar-refractivity contribution in [2.24, 2.45) is 0 Å². The molecule has 118 valence electrons. The van der Waals surface area contributed by atoms with Crippen LogP contribution in [0.15, 0.2) is 48.5 Å². The summed E-state index contributed by atoms with van der Waals surface area (Å²) in [6.07, 6.45) is 0. The van der Waals surface area contributed by atoms with E-state index in [4.69, 9.17) is 0 Å². The molecule has 0 atom stereocenters. The van der Waals surface area contributed by atoms with Crippen LogP contribution in [0.4, 0.5) is 5.69 Å². The lowest BCUT2D eigenvalue weighted by atomic mass is 10.1. The Labute approximate surface area is 137 Å². The second-order valence-corrected chi connectivity index (χ2v) is 5.93. The number of phenolic OH excluding ortho intramolecular Hbond substituents is 1. The zero-order valence-corrected chi connectivity index (χ0v) is 13.2. The number of Topliss-reactive ketones (excluding diaryl/α,β-unsaturated/α-hetero) is 1. The van der Waals surface area contributed by atoms with Gasteiger partial charge >= 0.3 is 0 Å². The highest BCUT2D eigenvalue weighted by Gasteiger charge is 2.09. The van der Waals surface area contributed by atoms with Crippen LogP contribution < -0.4 is 5.32 Å². The molecule has 2 N–H and O–H groups in total. The molecule has 6 heteroatoms. The van der Waals surface area contributed by atoms with E-state index in [1.807, 2.05) is 0 Å². The van der Waals surface area contributed by atoms with Crippen molar-refractivity contribution in [2.45, 2.75) is 6.92 Å². The van der Waals surface area contributed by atoms with Gasteiger partial charge in [0.15, 0.2) is 10.9 Å². The molecule has 23 heavy (non-hydrogen) atoms. The summed E-state index contributed by atoms with van der Waals surface area (Å²) >= 11 is 0.969. The third-order valence-corrected chi connectivity index (χ3v) is 3.81. The fourth-order valence-electron chi connectivity index (χ4n) is 1.81. The zero-order valence-electron chi connectivity index (χ0n) is 12.4. The Balaban J connectivity index is 1.99. The molecule has 0 radical (unpaired) electrons. The summed E-state index contributed by atoms with van der Waals surface area (Å²) < 4.78 is 0. The highest BCUT2D eigenvalue weighted by molar-refractivity contribution is 8.14. The van der Waals surface area contributed by atoms with Crippen LogP contribution in [-0.4, -0.2) is 27.7 Å². The molecule has 2 aromatic carbocycles. The number of hydrogen-bond acceptors (Lipinski definition) is 5. The van der Waals surface area contributed by atoms with Gasteiger partial charge in [-0.1, -0.05) is 11.8 Å². The van der Waals surface area contributed by atoms with Crippen molar-refractivity contribution in [2.75, 3.05) is 11.1 Å². The summed E-state index contributed by atoms with van der Waals surface area (Å²) in [7, 11) is 0. The van der Waals surface area contributed by atoms with Gasteiger partial charge in [-0.3, -0.25) is 14.4 Å². The second kappa shape index (κ2) is 7.60. The Kier molecular flexibility index (Phi) is 5.54. The number of carbonyl (C=O) groups is 3. The van der Waals surface area contributed by atoms with E-state index in [9.17, 15) is 19.5 Å². The summed E-state index contributed by atoms with van der Waals surface area (Å²) in [4.78, 5) is 34.7. The van der Waals surface area contributed by atoms with E-state index in [1.54, 1.807) is 24.3 Å². The van der Waals surface area contributed by atoms with Gasteiger partial charge in [-0.15, -0.1) is 0 Å². The van der Waals surface area contributed by atoms with E-state index in [0.29, 0.717) is 16.8 Å². The Morgan fingerprint density at radius 2 is 1.52 bits per heavy atom. The lowest BCUT2D eigenvalue weighted by molar-refractivity contribution is -0.109. The molecule has 2 rings (SSSR count). The number of benzene rings is 2. The SMILES string of the molecule is CC(=O)SCC(=O)c1ccc(NC(=O)c2ccc(O)cc2)cc1. The summed E-state index contributed by atoms with van der Waals surface area (Å²) in [5, 5.41) is 11.8. The minimum atomic E-state index is -0.309. The number of anilines is 1. The molecule has 0 bridgehead atoms. The molecular formula is C17H15NO4S. The highest BCUT2D eigenvalue weighted by atomic mass is 32.2. The van der Waals surface area contributed by atoms with Gasteiger partial charge in [0.25, 0.3) is 5.91 Å². The van der Waals surface area contributed by atoms with Gasteiger partial charge in [0, 0.05) is 23.7 Å². The molecule has 0 aliphatic rings. The van der Waals surface area contributed by atoms with Crippen LogP contribution in [0.2, 0.25) is 0 Å². The zero-order chi connectivity index (χ0) is 16.8. The number of rotatable bonds is 5. The predicted molar refractivity (Wildman–Crippen MR) is 90.0 cm³/mol. The molecule has 0 saturated heterocycles. The molecule has 0 aliphatic heterocycles. The number of thioether (sulfide) groups is 1. The van der Waals surface area contributed by atoms with Crippen molar-refractivity contribution in [1.82, 2.24) is 0 Å². The molecule has 0 saturated carbocycles. The Morgan fingerprint density at radius 1 is 0.957 bits per heavy atom. The highest BCUT2D eigenvalue weighted by Crippen LogP contribution is 2.15. The summed E-state index contributed by atoms with van der Waals surface area (Å²) in [6.45, 7) is 1.42. The molecule has 2 aromatic rings. The fourth-order valence-corrected chi connectivity index (χ4v) is 2.31. The van der Waals surface area contributed by atoms with Gasteiger partial charge in [-0.25, -0.2) is 0 Å². The Hall–Kier alpha value is -2.60. The molecule has 0 fully saturated rings. The molecule has 1 amide bonds. The minimum Gasteiger partial charge on any atom is -0.508 e. The maximum Gasteiger partial charge on any atom is 0.255 e. The molecule has 0 aliphatic carbocycles. The summed E-state index contributed by atoms with van der Waals surface area (Å²) in [5.74, 6) is -0.250. The van der Waals surface area contributed by atoms with Crippen molar-refractivity contribution >= 4 is 34.3 Å². The van der Waals surface area contributed by atoms with Gasteiger partial charge < -0.3 is 10.4 Å². The van der Waals surface area contributed by atoms with E-state index >= 15 is 0 Å². The van der Waals surface area contributed by atoms with Crippen LogP contribution in [-0.2, 0) is 4.79 Å². The first-order valence-electron chi connectivity index (χ1n) is 6.83. The largest absolute Gasteiger partial charge is 0.508 e. The summed E-state index contributed by atoms with van der Waals surface area (Å²) in [5.41, 5.74) is 1.46. The van der Waals surface area contributed by atoms with Crippen molar-refractivity contribution in [3.05, 3.63) is 59.7 Å². The van der Waals surface area contributed by atoms with Crippen molar-refractivity contribution < 1.29 is 19.5 Å². The van der Waals surface area contributed by atoms with Crippen molar-refractivity contribution in [3.63, 3.8) is 0 Å². The first kappa shape index (κ1) is 16.8. The minimum absolute atomic E-state index is 0.0906. The second-order valence-electron chi connectivity index (χ2n) is 4.78. The average Bonchev–Trinajstić information content (AvgIpc) is 2.54. The lowest BCUT2D eigenvalue weighted by Gasteiger charge is -2.06. The van der Waals surface area contributed by atoms with Crippen LogP contribution in [0.1, 0.15) is 27.6 Å². The lowest BCUT2D eigenvalue weighted by Crippen LogP contribution is -2.12. The molecule has 0 spiro atoms. The van der Waals surface area contributed by atoms with Gasteiger partial charge in [0.1, 0.15) is 5.75 Å². The molecule has 5 nitrogen and oxygen atoms in total. The Bertz CT molecular complexity index is 723. The third-order valence-electron chi connectivity index (χ3n) is 3.00. The first-order valence-corrected chi connectivity index (χ1v) is 7.81. The van der Waals surface area contributed by atoms with Crippen LogP contribution in [0.3, 0.4) is 0 Å². The molecule has 0 aromatic heterocycles. The average molecular weight is 329 g/mol. The maximum atomic E-state index is 12.0. The number of aromatic hydroxyl groups is 1. The van der Waals surface area contributed by atoms with Crippen molar-refractivity contribution in [1.29, 1.82) is 0 Å². The van der Waals surface area contributed by atoms with E-state index in [2.05, 4.69) is 5.32 Å². The van der Waals surface area contributed by atoms with Crippen LogP contribution in [0.5, 0.6) is 5.75 Å². The quantitative estimate of drug-likeness (QED) is 0.824. The topological polar surface area (TPSA) is 83.5 Å². The predicted octanol–water partition coefficient (Wildman–Crippen LogP) is 3.11. The van der Waals surface area contributed by atoms with Crippen LogP contribution in [0, 0.1) is 0 Å². The number of phenols is 1. The number of amides is 1. The monoisotopic (exact) mass is 329 g/mol. The van der Waals surface area contributed by atoms with Gasteiger partial charge in [-0.2, -0.15) is 0 Å². The number of hydrogen-bond donors (Lipinski definition) is 2. The maximum absolute atomic E-state index is 12.0. The third kappa shape index (κ3) is 4.96. The normalized spacial score (nSPS) is 10.1. The van der Waals surface area contributed by atoms with Gasteiger partial charge in [0.2, 0.25) is 0 Å². The number of ketones is 1. The molecule has 0 unspecified atom stereocenters. The van der Waals surface area contributed by atoms with Gasteiger partial charge in [0.05, 0.1) is 5.75 Å². The van der Waals surface area contributed by atoms with Crippen LogP contribution in [0.25, 0.3) is 0 Å². The van der Waals surface area contributed by atoms with Gasteiger partial charge in [-0.05, 0) is 48.5 Å². The number of nitrogens with one attached hydrogen (secondary N) is 1. The standard InChI is InChI=1S/C17H15NO4S/c1-11(19)23-10-16(21)12-2-6-14(7-3-12)18-17(22)13-4-8-15(20)9-5-13/h2-9,20H,10H2,1H3,(H,18,22). The van der Waals surface area contributed by atoms with E-state index in [0.717, 1.165) is 11.8 Å². The first-order chi connectivity index (χ1) is 11.0. The van der Waals surface area contributed by atoms with E-state index < -0.39 is 0 Å².